The van der Waals surface area contributed by atoms with Crippen molar-refractivity contribution in [1.82, 2.24) is 9.97 Å². The molecule has 0 spiro atoms. The van der Waals surface area contributed by atoms with E-state index in [0.717, 1.165) is 11.0 Å². The molecule has 0 amide bonds. The van der Waals surface area contributed by atoms with Crippen LogP contribution in [-0.4, -0.2) is 34.4 Å². The van der Waals surface area contributed by atoms with Crippen LogP contribution in [0, 0.1) is 0 Å². The van der Waals surface area contributed by atoms with E-state index in [2.05, 4.69) is 15.3 Å². The maximum atomic E-state index is 14.2. The molecule has 2 aromatic heterocycles. The van der Waals surface area contributed by atoms with Crippen LogP contribution in [0.3, 0.4) is 0 Å². The van der Waals surface area contributed by atoms with Gasteiger partial charge >= 0.3 is 12.1 Å². The molecule has 6 nitrogen and oxygen atoms in total. The first kappa shape index (κ1) is 26.5. The summed E-state index contributed by atoms with van der Waals surface area (Å²) in [6.07, 6.45) is -0.114. The fourth-order valence-electron chi connectivity index (χ4n) is 4.18. The standard InChI is InChI=1S/C27H26F3N3O3S/c1-4-35-26(34)24-21(15-37-17-9-12-31-13-10-17)33-20-11-14-32-25(36-16(2)3)23(20)22(24)18-7-5-6-8-19(18)27(28,29)30/h5-14,16,22,33H,4,15H2,1-3H3. The van der Waals surface area contributed by atoms with Crippen LogP contribution in [0.1, 0.15) is 43.4 Å². The third kappa shape index (κ3) is 5.90. The molecule has 0 saturated carbocycles. The number of benzene rings is 1. The largest absolute Gasteiger partial charge is 0.475 e. The van der Waals surface area contributed by atoms with Crippen molar-refractivity contribution in [3.63, 3.8) is 0 Å². The maximum Gasteiger partial charge on any atom is 0.416 e. The molecule has 3 aromatic rings. The minimum Gasteiger partial charge on any atom is -0.475 e. The number of halogens is 3. The molecule has 1 aromatic carbocycles. The lowest BCUT2D eigenvalue weighted by Crippen LogP contribution is -2.29. The van der Waals surface area contributed by atoms with Gasteiger partial charge in [-0.1, -0.05) is 18.2 Å². The normalized spacial score (nSPS) is 15.3. The van der Waals surface area contributed by atoms with Gasteiger partial charge in [-0.25, -0.2) is 9.78 Å². The van der Waals surface area contributed by atoms with Gasteiger partial charge < -0.3 is 14.8 Å². The van der Waals surface area contributed by atoms with E-state index in [9.17, 15) is 18.0 Å². The number of pyridine rings is 2. The van der Waals surface area contributed by atoms with Gasteiger partial charge in [0.15, 0.2) is 0 Å². The van der Waals surface area contributed by atoms with Crippen LogP contribution in [-0.2, 0) is 15.7 Å². The van der Waals surface area contributed by atoms with Crippen molar-refractivity contribution in [2.45, 2.75) is 43.9 Å². The van der Waals surface area contributed by atoms with Crippen molar-refractivity contribution in [3.05, 3.63) is 89.0 Å². The fourth-order valence-corrected chi connectivity index (χ4v) is 5.03. The molecule has 1 aliphatic heterocycles. The fraction of sp³-hybridized carbons (Fsp3) is 0.296. The molecule has 0 bridgehead atoms. The first-order valence-electron chi connectivity index (χ1n) is 11.7. The van der Waals surface area contributed by atoms with E-state index in [-0.39, 0.29) is 35.5 Å². The Kier molecular flexibility index (Phi) is 8.06. The Hall–Kier alpha value is -3.53. The molecule has 0 radical (unpaired) electrons. The van der Waals surface area contributed by atoms with Gasteiger partial charge in [-0.05, 0) is 50.6 Å². The predicted molar refractivity (Wildman–Crippen MR) is 136 cm³/mol. The van der Waals surface area contributed by atoms with Crippen LogP contribution in [0.2, 0.25) is 0 Å². The van der Waals surface area contributed by atoms with E-state index in [1.165, 1.54) is 36.2 Å². The van der Waals surface area contributed by atoms with Gasteiger partial charge in [0.25, 0.3) is 0 Å². The number of ether oxygens (including phenoxy) is 2. The van der Waals surface area contributed by atoms with Crippen LogP contribution >= 0.6 is 11.8 Å². The average molecular weight is 530 g/mol. The third-order valence-electron chi connectivity index (χ3n) is 5.59. The zero-order valence-corrected chi connectivity index (χ0v) is 21.3. The molecule has 4 rings (SSSR count). The van der Waals surface area contributed by atoms with Gasteiger partial charge in [0, 0.05) is 46.2 Å². The molecular formula is C27H26F3N3O3S. The average Bonchev–Trinajstić information content (AvgIpc) is 2.86. The van der Waals surface area contributed by atoms with Crippen molar-refractivity contribution in [1.29, 1.82) is 0 Å². The quantitative estimate of drug-likeness (QED) is 0.266. The molecule has 1 atom stereocenters. The topological polar surface area (TPSA) is 73.3 Å². The minimum atomic E-state index is -4.64. The molecule has 1 unspecified atom stereocenters. The summed E-state index contributed by atoms with van der Waals surface area (Å²) < 4.78 is 54.0. The van der Waals surface area contributed by atoms with Crippen molar-refractivity contribution in [2.24, 2.45) is 0 Å². The summed E-state index contributed by atoms with van der Waals surface area (Å²) in [6, 6.07) is 10.6. The highest BCUT2D eigenvalue weighted by Crippen LogP contribution is 2.49. The lowest BCUT2D eigenvalue weighted by atomic mass is 9.79. The third-order valence-corrected chi connectivity index (χ3v) is 6.63. The number of carbonyl (C=O) groups excluding carboxylic acids is 1. The number of hydrogen-bond donors (Lipinski definition) is 1. The Balaban J connectivity index is 1.96. The van der Waals surface area contributed by atoms with Crippen molar-refractivity contribution in [2.75, 3.05) is 17.7 Å². The van der Waals surface area contributed by atoms with E-state index >= 15 is 0 Å². The van der Waals surface area contributed by atoms with Crippen LogP contribution in [0.4, 0.5) is 18.9 Å². The van der Waals surface area contributed by atoms with Gasteiger partial charge in [-0.15, -0.1) is 11.8 Å². The Morgan fingerprint density at radius 2 is 1.84 bits per heavy atom. The number of alkyl halides is 3. The molecule has 3 heterocycles. The predicted octanol–water partition coefficient (Wildman–Crippen LogP) is 6.45. The lowest BCUT2D eigenvalue weighted by molar-refractivity contribution is -0.140. The highest BCUT2D eigenvalue weighted by molar-refractivity contribution is 7.99. The first-order chi connectivity index (χ1) is 17.7. The number of fused-ring (bicyclic) bond motifs is 1. The number of hydrogen-bond acceptors (Lipinski definition) is 7. The van der Waals surface area contributed by atoms with E-state index in [0.29, 0.717) is 16.9 Å². The summed E-state index contributed by atoms with van der Waals surface area (Å²) in [5, 5.41) is 3.27. The van der Waals surface area contributed by atoms with E-state index < -0.39 is 23.6 Å². The van der Waals surface area contributed by atoms with Crippen LogP contribution in [0.5, 0.6) is 5.88 Å². The molecule has 0 saturated heterocycles. The Morgan fingerprint density at radius 3 is 2.51 bits per heavy atom. The molecule has 1 N–H and O–H groups in total. The lowest BCUT2D eigenvalue weighted by Gasteiger charge is -2.33. The Bertz CT molecular complexity index is 1300. The molecular weight excluding hydrogens is 503 g/mol. The van der Waals surface area contributed by atoms with Crippen molar-refractivity contribution < 1.29 is 27.4 Å². The Morgan fingerprint density at radius 1 is 1.11 bits per heavy atom. The van der Waals surface area contributed by atoms with E-state index in [1.54, 1.807) is 39.2 Å². The van der Waals surface area contributed by atoms with Gasteiger partial charge in [0.05, 0.1) is 29.8 Å². The maximum absolute atomic E-state index is 14.2. The summed E-state index contributed by atoms with van der Waals surface area (Å²) in [6.45, 7) is 5.32. The van der Waals surface area contributed by atoms with E-state index in [1.807, 2.05) is 12.1 Å². The zero-order valence-electron chi connectivity index (χ0n) is 20.5. The molecule has 0 aliphatic carbocycles. The Labute approximate surface area is 217 Å². The van der Waals surface area contributed by atoms with Gasteiger partial charge in [-0.2, -0.15) is 13.2 Å². The smallest absolute Gasteiger partial charge is 0.416 e. The summed E-state index contributed by atoms with van der Waals surface area (Å²) in [7, 11) is 0. The number of rotatable bonds is 8. The zero-order chi connectivity index (χ0) is 26.6. The van der Waals surface area contributed by atoms with Crippen molar-refractivity contribution >= 4 is 23.4 Å². The molecule has 10 heteroatoms. The first-order valence-corrected chi connectivity index (χ1v) is 12.7. The van der Waals surface area contributed by atoms with Gasteiger partial charge in [0.2, 0.25) is 5.88 Å². The number of nitrogens with one attached hydrogen (secondary N) is 1. The van der Waals surface area contributed by atoms with Crippen molar-refractivity contribution in [3.8, 4) is 5.88 Å². The van der Waals surface area contributed by atoms with Crippen LogP contribution in [0.15, 0.2) is 77.2 Å². The summed E-state index contributed by atoms with van der Waals surface area (Å²) >= 11 is 1.43. The number of nitrogens with zero attached hydrogens (tertiary/aromatic N) is 2. The second-order valence-electron chi connectivity index (χ2n) is 8.47. The second kappa shape index (κ2) is 11.2. The van der Waals surface area contributed by atoms with Gasteiger partial charge in [0.1, 0.15) is 0 Å². The van der Waals surface area contributed by atoms with E-state index in [4.69, 9.17) is 9.47 Å². The molecule has 0 fully saturated rings. The summed E-state index contributed by atoms with van der Waals surface area (Å²) in [4.78, 5) is 22.7. The highest BCUT2D eigenvalue weighted by Gasteiger charge is 2.42. The monoisotopic (exact) mass is 529 g/mol. The number of aromatic nitrogens is 2. The van der Waals surface area contributed by atoms with Gasteiger partial charge in [-0.3, -0.25) is 4.98 Å². The molecule has 37 heavy (non-hydrogen) atoms. The number of anilines is 1. The number of thioether (sulfide) groups is 1. The summed E-state index contributed by atoms with van der Waals surface area (Å²) in [5.74, 6) is -1.38. The number of esters is 1. The minimum absolute atomic E-state index is 0.0655. The van der Waals surface area contributed by atoms with Crippen LogP contribution in [0.25, 0.3) is 0 Å². The molecule has 194 valence electrons. The summed E-state index contributed by atoms with van der Waals surface area (Å²) in [5.41, 5.74) is 0.509. The van der Waals surface area contributed by atoms with Crippen LogP contribution < -0.4 is 10.1 Å². The number of carbonyl (C=O) groups is 1. The highest BCUT2D eigenvalue weighted by atomic mass is 32.2. The second-order valence-corrected chi connectivity index (χ2v) is 9.52. The SMILES string of the molecule is CCOC(=O)C1=C(CSc2ccncc2)Nc2ccnc(OC(C)C)c2C1c1ccccc1C(F)(F)F. The molecule has 1 aliphatic rings.